The summed E-state index contributed by atoms with van der Waals surface area (Å²) < 4.78 is 47.9. The molecule has 34 heavy (non-hydrogen) atoms. The number of benzene rings is 2. The molecule has 0 spiro atoms. The third-order valence-electron chi connectivity index (χ3n) is 6.36. The standard InChI is InChI=1S/C24H26FN3O4S2/c25-18-10-11-21-22(14-18)33-24(26-21)28(16-19-7-5-13-32-19)23(29)17-6-4-12-27(15-17)34(30,31)20-8-2-1-3-9-20/h1-3,8-11,14,17,19H,4-7,12-13,15-16H2. The molecule has 2 unspecified atom stereocenters. The van der Waals surface area contributed by atoms with Gasteiger partial charge in [-0.05, 0) is 56.0 Å². The van der Waals surface area contributed by atoms with Gasteiger partial charge in [0, 0.05) is 19.7 Å². The molecule has 0 radical (unpaired) electrons. The molecule has 3 aromatic rings. The fourth-order valence-corrected chi connectivity index (χ4v) is 7.13. The molecule has 1 aromatic heterocycles. The van der Waals surface area contributed by atoms with Crippen LogP contribution in [0.1, 0.15) is 25.7 Å². The summed E-state index contributed by atoms with van der Waals surface area (Å²) in [6.45, 7) is 1.51. The summed E-state index contributed by atoms with van der Waals surface area (Å²) in [5.41, 5.74) is 0.628. The van der Waals surface area contributed by atoms with Crippen molar-refractivity contribution in [1.82, 2.24) is 9.29 Å². The van der Waals surface area contributed by atoms with Gasteiger partial charge in [0.1, 0.15) is 5.82 Å². The molecule has 2 aliphatic rings. The van der Waals surface area contributed by atoms with E-state index in [0.29, 0.717) is 47.9 Å². The average Bonchev–Trinajstić information content (AvgIpc) is 3.52. The van der Waals surface area contributed by atoms with E-state index >= 15 is 0 Å². The summed E-state index contributed by atoms with van der Waals surface area (Å²) in [5.74, 6) is -1.01. The number of amides is 1. The van der Waals surface area contributed by atoms with Gasteiger partial charge in [-0.15, -0.1) is 0 Å². The van der Waals surface area contributed by atoms with Crippen LogP contribution in [0.5, 0.6) is 0 Å². The summed E-state index contributed by atoms with van der Waals surface area (Å²) >= 11 is 1.27. The Balaban J connectivity index is 1.42. The molecular weight excluding hydrogens is 477 g/mol. The van der Waals surface area contributed by atoms with Gasteiger partial charge in [-0.3, -0.25) is 9.69 Å². The Hall–Kier alpha value is -2.40. The first-order chi connectivity index (χ1) is 16.4. The smallest absolute Gasteiger partial charge is 0.243 e. The molecule has 0 N–H and O–H groups in total. The van der Waals surface area contributed by atoms with Crippen LogP contribution < -0.4 is 4.90 Å². The number of hydrogen-bond donors (Lipinski definition) is 0. The summed E-state index contributed by atoms with van der Waals surface area (Å²) in [5, 5.41) is 0.490. The van der Waals surface area contributed by atoms with Gasteiger partial charge in [-0.2, -0.15) is 4.31 Å². The van der Waals surface area contributed by atoms with Crippen molar-refractivity contribution < 1.29 is 22.3 Å². The van der Waals surface area contributed by atoms with Crippen LogP contribution in [0.15, 0.2) is 53.4 Å². The molecular formula is C24H26FN3O4S2. The lowest BCUT2D eigenvalue weighted by Gasteiger charge is -2.34. The molecule has 2 aromatic carbocycles. The Labute approximate surface area is 202 Å². The number of hydrogen-bond acceptors (Lipinski definition) is 6. The van der Waals surface area contributed by atoms with Gasteiger partial charge in [-0.25, -0.2) is 17.8 Å². The van der Waals surface area contributed by atoms with Crippen LogP contribution in [-0.2, 0) is 19.6 Å². The van der Waals surface area contributed by atoms with Gasteiger partial charge in [0.15, 0.2) is 5.13 Å². The number of anilines is 1. The number of fused-ring (bicyclic) bond motifs is 1. The lowest BCUT2D eigenvalue weighted by atomic mass is 9.98. The van der Waals surface area contributed by atoms with Crippen LogP contribution in [-0.4, -0.2) is 56.0 Å². The summed E-state index contributed by atoms with van der Waals surface area (Å²) in [4.78, 5) is 20.2. The molecule has 1 amide bonds. The number of sulfonamides is 1. The summed E-state index contributed by atoms with van der Waals surface area (Å²) in [7, 11) is -3.68. The van der Waals surface area contributed by atoms with E-state index in [4.69, 9.17) is 4.74 Å². The lowest BCUT2D eigenvalue weighted by molar-refractivity contribution is -0.123. The van der Waals surface area contributed by atoms with E-state index in [1.165, 1.54) is 27.8 Å². The second kappa shape index (κ2) is 9.69. The summed E-state index contributed by atoms with van der Waals surface area (Å²) in [6.07, 6.45) is 2.88. The van der Waals surface area contributed by atoms with Crippen LogP contribution in [0.2, 0.25) is 0 Å². The Morgan fingerprint density at radius 1 is 1.18 bits per heavy atom. The van der Waals surface area contributed by atoms with Crippen molar-refractivity contribution >= 4 is 42.6 Å². The van der Waals surface area contributed by atoms with Crippen molar-refractivity contribution in [3.63, 3.8) is 0 Å². The van der Waals surface area contributed by atoms with Crippen LogP contribution in [0.25, 0.3) is 10.2 Å². The first-order valence-corrected chi connectivity index (χ1v) is 13.7. The molecule has 0 bridgehead atoms. The fourth-order valence-electron chi connectivity index (χ4n) is 4.58. The molecule has 5 rings (SSSR count). The molecule has 0 aliphatic carbocycles. The molecule has 3 heterocycles. The Bertz CT molecular complexity index is 1280. The van der Waals surface area contributed by atoms with Gasteiger partial charge in [0.05, 0.1) is 33.7 Å². The molecule has 0 saturated carbocycles. The fraction of sp³-hybridized carbons (Fsp3) is 0.417. The quantitative estimate of drug-likeness (QED) is 0.507. The second-order valence-electron chi connectivity index (χ2n) is 8.71. The maximum Gasteiger partial charge on any atom is 0.243 e. The number of thiazole rings is 1. The molecule has 2 saturated heterocycles. The van der Waals surface area contributed by atoms with Crippen LogP contribution in [0, 0.1) is 11.7 Å². The number of halogens is 1. The third-order valence-corrected chi connectivity index (χ3v) is 9.28. The van der Waals surface area contributed by atoms with Gasteiger partial charge < -0.3 is 4.74 Å². The average molecular weight is 504 g/mol. The van der Waals surface area contributed by atoms with Crippen LogP contribution in [0.3, 0.4) is 0 Å². The highest BCUT2D eigenvalue weighted by Crippen LogP contribution is 2.33. The minimum atomic E-state index is -3.68. The predicted molar refractivity (Wildman–Crippen MR) is 129 cm³/mol. The monoisotopic (exact) mass is 503 g/mol. The molecule has 7 nitrogen and oxygen atoms in total. The minimum Gasteiger partial charge on any atom is -0.376 e. The van der Waals surface area contributed by atoms with Crippen molar-refractivity contribution in [2.45, 2.75) is 36.7 Å². The SMILES string of the molecule is O=C(C1CCCN(S(=O)(=O)c2ccccc2)C1)N(CC1CCCO1)c1nc2ccc(F)cc2s1. The number of carbonyl (C=O) groups excluding carboxylic acids is 1. The second-order valence-corrected chi connectivity index (χ2v) is 11.7. The van der Waals surface area contributed by atoms with Gasteiger partial charge in [-0.1, -0.05) is 29.5 Å². The first kappa shape index (κ1) is 23.3. The Kier molecular flexibility index (Phi) is 6.65. The van der Waals surface area contributed by atoms with E-state index in [1.54, 1.807) is 41.3 Å². The zero-order valence-corrected chi connectivity index (χ0v) is 20.2. The molecule has 2 atom stereocenters. The van der Waals surface area contributed by atoms with Crippen molar-refractivity contribution in [1.29, 1.82) is 0 Å². The van der Waals surface area contributed by atoms with Crippen LogP contribution >= 0.6 is 11.3 Å². The van der Waals surface area contributed by atoms with E-state index in [2.05, 4.69) is 4.98 Å². The van der Waals surface area contributed by atoms with Gasteiger partial charge in [0.25, 0.3) is 0 Å². The van der Waals surface area contributed by atoms with Gasteiger partial charge >= 0.3 is 0 Å². The number of nitrogens with zero attached hydrogens (tertiary/aromatic N) is 3. The Morgan fingerprint density at radius 2 is 2.00 bits per heavy atom. The maximum atomic E-state index is 13.8. The highest BCUT2D eigenvalue weighted by Gasteiger charge is 2.37. The largest absolute Gasteiger partial charge is 0.376 e. The van der Waals surface area contributed by atoms with E-state index in [0.717, 1.165) is 12.8 Å². The number of carbonyl (C=O) groups is 1. The lowest BCUT2D eigenvalue weighted by Crippen LogP contribution is -2.48. The van der Waals surface area contributed by atoms with Gasteiger partial charge in [0.2, 0.25) is 15.9 Å². The van der Waals surface area contributed by atoms with E-state index < -0.39 is 15.9 Å². The third kappa shape index (κ3) is 4.72. The van der Waals surface area contributed by atoms with Crippen molar-refractivity contribution in [2.75, 3.05) is 31.1 Å². The molecule has 180 valence electrons. The van der Waals surface area contributed by atoms with E-state index in [-0.39, 0.29) is 29.3 Å². The van der Waals surface area contributed by atoms with Crippen molar-refractivity contribution in [2.24, 2.45) is 5.92 Å². The van der Waals surface area contributed by atoms with E-state index in [9.17, 15) is 17.6 Å². The van der Waals surface area contributed by atoms with Crippen LogP contribution in [0.4, 0.5) is 9.52 Å². The first-order valence-electron chi connectivity index (χ1n) is 11.5. The van der Waals surface area contributed by atoms with E-state index in [1.807, 2.05) is 0 Å². The minimum absolute atomic E-state index is 0.0968. The zero-order valence-electron chi connectivity index (χ0n) is 18.6. The number of rotatable bonds is 6. The molecule has 2 aliphatic heterocycles. The van der Waals surface area contributed by atoms with Crippen molar-refractivity contribution in [3.05, 3.63) is 54.3 Å². The number of aromatic nitrogens is 1. The topological polar surface area (TPSA) is 79.8 Å². The normalized spacial score (nSPS) is 21.7. The van der Waals surface area contributed by atoms with Crippen molar-refractivity contribution in [3.8, 4) is 0 Å². The Morgan fingerprint density at radius 3 is 2.76 bits per heavy atom. The highest BCUT2D eigenvalue weighted by molar-refractivity contribution is 7.89. The number of piperidine rings is 1. The predicted octanol–water partition coefficient (Wildman–Crippen LogP) is 4.05. The summed E-state index contributed by atoms with van der Waals surface area (Å²) in [6, 6.07) is 12.7. The highest BCUT2D eigenvalue weighted by atomic mass is 32.2. The molecule has 2 fully saturated rings. The number of ether oxygens (including phenoxy) is 1. The maximum absolute atomic E-state index is 13.8. The zero-order chi connectivity index (χ0) is 23.7. The molecule has 10 heteroatoms.